The molecule has 4 aliphatic rings. The van der Waals surface area contributed by atoms with E-state index in [1.807, 2.05) is 13.8 Å². The smallest absolute Gasteiger partial charge is 0.457 e. The van der Waals surface area contributed by atoms with Crippen LogP contribution in [0.2, 0.25) is 0 Å². The number of aliphatic hydroxyl groups is 1. The Balaban J connectivity index is 1.68. The van der Waals surface area contributed by atoms with Crippen LogP contribution in [0.4, 0.5) is 4.79 Å². The summed E-state index contributed by atoms with van der Waals surface area (Å²) in [6.07, 6.45) is 4.99. The van der Waals surface area contributed by atoms with E-state index in [4.69, 9.17) is 14.2 Å². The summed E-state index contributed by atoms with van der Waals surface area (Å²) in [4.78, 5) is 50.5. The first-order valence-corrected chi connectivity index (χ1v) is 13.5. The number of ketones is 2. The van der Waals surface area contributed by atoms with Crippen molar-refractivity contribution in [2.24, 2.45) is 28.6 Å². The molecule has 8 nitrogen and oxygen atoms in total. The van der Waals surface area contributed by atoms with Gasteiger partial charge in [0.1, 0.15) is 0 Å². The second-order valence-electron chi connectivity index (χ2n) is 11.6. The highest BCUT2D eigenvalue weighted by Crippen LogP contribution is 2.68. The number of fused-ring (bicyclic) bond motifs is 5. The van der Waals surface area contributed by atoms with Gasteiger partial charge in [-0.25, -0.2) is 4.79 Å². The second kappa shape index (κ2) is 9.92. The normalized spacial score (nSPS) is 39.2. The standard InChI is InChI=1S/C28H40O8/c1-5-7-23(32)35-16-22(31)28(36-25(33)34-6-2)13-11-20-19-9-8-17-14-18(29)10-12-26(17,3)24(19)21(30)15-27(20,28)4/h14,19-21,24,30H,5-13,15-16H2,1-4H3/t19-,20-,21-,24+,26-,27-,28-/m0/s1. The van der Waals surface area contributed by atoms with Crippen molar-refractivity contribution >= 4 is 23.7 Å². The van der Waals surface area contributed by atoms with Crippen LogP contribution in [-0.2, 0) is 28.6 Å². The van der Waals surface area contributed by atoms with E-state index >= 15 is 0 Å². The van der Waals surface area contributed by atoms with Crippen molar-refractivity contribution in [3.05, 3.63) is 11.6 Å². The fraction of sp³-hybridized carbons (Fsp3) is 0.786. The molecule has 0 aromatic rings. The van der Waals surface area contributed by atoms with E-state index in [1.165, 1.54) is 0 Å². The number of allylic oxidation sites excluding steroid dienone is 1. The van der Waals surface area contributed by atoms with Crippen molar-refractivity contribution in [1.82, 2.24) is 0 Å². The quantitative estimate of drug-likeness (QED) is 0.510. The third-order valence-electron chi connectivity index (χ3n) is 9.80. The van der Waals surface area contributed by atoms with Crippen LogP contribution >= 0.6 is 0 Å². The molecule has 4 rings (SSSR count). The topological polar surface area (TPSA) is 116 Å². The summed E-state index contributed by atoms with van der Waals surface area (Å²) in [6, 6.07) is 0. The van der Waals surface area contributed by atoms with Crippen LogP contribution < -0.4 is 0 Å². The van der Waals surface area contributed by atoms with Gasteiger partial charge in [-0.05, 0) is 81.1 Å². The molecule has 8 heteroatoms. The number of carbonyl (C=O) groups excluding carboxylic acids is 4. The summed E-state index contributed by atoms with van der Waals surface area (Å²) >= 11 is 0. The van der Waals surface area contributed by atoms with Crippen LogP contribution in [0.3, 0.4) is 0 Å². The van der Waals surface area contributed by atoms with E-state index in [-0.39, 0.29) is 48.4 Å². The summed E-state index contributed by atoms with van der Waals surface area (Å²) in [5.74, 6) is -0.640. The van der Waals surface area contributed by atoms with Crippen LogP contribution in [-0.4, -0.2) is 53.7 Å². The summed E-state index contributed by atoms with van der Waals surface area (Å²) in [6.45, 7) is 7.26. The van der Waals surface area contributed by atoms with Crippen molar-refractivity contribution < 1.29 is 38.5 Å². The van der Waals surface area contributed by atoms with Crippen molar-refractivity contribution in [3.63, 3.8) is 0 Å². The first-order valence-electron chi connectivity index (χ1n) is 13.5. The Labute approximate surface area is 213 Å². The average Bonchev–Trinajstić information content (AvgIpc) is 3.10. The zero-order valence-electron chi connectivity index (χ0n) is 22.0. The Morgan fingerprint density at radius 3 is 2.53 bits per heavy atom. The molecular formula is C28H40O8. The van der Waals surface area contributed by atoms with Gasteiger partial charge in [-0.15, -0.1) is 0 Å². The minimum absolute atomic E-state index is 0.0282. The molecule has 0 aromatic carbocycles. The van der Waals surface area contributed by atoms with Crippen molar-refractivity contribution in [2.75, 3.05) is 13.2 Å². The molecule has 0 amide bonds. The zero-order valence-corrected chi connectivity index (χ0v) is 22.0. The molecule has 3 fully saturated rings. The van der Waals surface area contributed by atoms with E-state index in [9.17, 15) is 24.3 Å². The summed E-state index contributed by atoms with van der Waals surface area (Å²) in [5, 5.41) is 11.6. The molecule has 0 heterocycles. The number of aliphatic hydroxyl groups excluding tert-OH is 1. The van der Waals surface area contributed by atoms with E-state index < -0.39 is 41.6 Å². The summed E-state index contributed by atoms with van der Waals surface area (Å²) in [5.41, 5.74) is -1.50. The van der Waals surface area contributed by atoms with Gasteiger partial charge in [-0.1, -0.05) is 26.3 Å². The van der Waals surface area contributed by atoms with Gasteiger partial charge >= 0.3 is 12.1 Å². The van der Waals surface area contributed by atoms with E-state index in [1.54, 1.807) is 13.0 Å². The highest BCUT2D eigenvalue weighted by molar-refractivity contribution is 5.93. The number of esters is 1. The lowest BCUT2D eigenvalue weighted by Crippen LogP contribution is -2.63. The SMILES string of the molecule is CCCC(=O)OCC(=O)[C@@]1(OC(=O)OCC)CC[C@H]2[C@@H]3CCC4=CC(=O)CC[C@]4(C)[C@H]3[C@@H](O)C[C@@]21C. The number of Topliss-reactive ketones (excluding diaryl/α,β-unsaturated/α-hetero) is 1. The van der Waals surface area contributed by atoms with Crippen LogP contribution in [0.15, 0.2) is 11.6 Å². The van der Waals surface area contributed by atoms with E-state index in [2.05, 4.69) is 6.92 Å². The van der Waals surface area contributed by atoms with Gasteiger partial charge in [0.15, 0.2) is 18.0 Å². The third-order valence-corrected chi connectivity index (χ3v) is 9.80. The molecule has 0 unspecified atom stereocenters. The predicted molar refractivity (Wildman–Crippen MR) is 130 cm³/mol. The molecule has 0 spiro atoms. The molecule has 0 bridgehead atoms. The second-order valence-corrected chi connectivity index (χ2v) is 11.6. The minimum Gasteiger partial charge on any atom is -0.457 e. The maximum atomic E-state index is 13.7. The Bertz CT molecular complexity index is 955. The van der Waals surface area contributed by atoms with Gasteiger partial charge in [0.25, 0.3) is 0 Å². The molecule has 0 saturated heterocycles. The monoisotopic (exact) mass is 504 g/mol. The van der Waals surface area contributed by atoms with E-state index in [0.717, 1.165) is 24.8 Å². The van der Waals surface area contributed by atoms with Gasteiger partial charge in [0.2, 0.25) is 5.78 Å². The molecular weight excluding hydrogens is 464 g/mol. The van der Waals surface area contributed by atoms with Crippen LogP contribution in [0.1, 0.15) is 85.5 Å². The molecule has 0 radical (unpaired) electrons. The van der Waals surface area contributed by atoms with Gasteiger partial charge < -0.3 is 19.3 Å². The lowest BCUT2D eigenvalue weighted by molar-refractivity contribution is -0.188. The fourth-order valence-electron chi connectivity index (χ4n) is 8.19. The lowest BCUT2D eigenvalue weighted by Gasteiger charge is -2.60. The molecule has 7 atom stereocenters. The molecule has 3 saturated carbocycles. The zero-order chi connectivity index (χ0) is 26.3. The van der Waals surface area contributed by atoms with Gasteiger partial charge in [-0.3, -0.25) is 14.4 Å². The van der Waals surface area contributed by atoms with E-state index in [0.29, 0.717) is 25.7 Å². The maximum absolute atomic E-state index is 13.7. The number of hydrogen-bond donors (Lipinski definition) is 1. The van der Waals surface area contributed by atoms with Gasteiger partial charge in [0.05, 0.1) is 12.7 Å². The van der Waals surface area contributed by atoms with Gasteiger partial charge in [-0.2, -0.15) is 0 Å². The Morgan fingerprint density at radius 1 is 1.08 bits per heavy atom. The summed E-state index contributed by atoms with van der Waals surface area (Å²) < 4.78 is 16.2. The average molecular weight is 505 g/mol. The highest BCUT2D eigenvalue weighted by Gasteiger charge is 2.70. The number of ether oxygens (including phenoxy) is 3. The van der Waals surface area contributed by atoms with Gasteiger partial charge in [0, 0.05) is 18.3 Å². The Morgan fingerprint density at radius 2 is 1.83 bits per heavy atom. The number of hydrogen-bond acceptors (Lipinski definition) is 8. The van der Waals surface area contributed by atoms with Crippen LogP contribution in [0, 0.1) is 28.6 Å². The predicted octanol–water partition coefficient (Wildman–Crippen LogP) is 4.31. The molecule has 200 valence electrons. The lowest BCUT2D eigenvalue weighted by atomic mass is 9.45. The summed E-state index contributed by atoms with van der Waals surface area (Å²) in [7, 11) is 0. The molecule has 0 aromatic heterocycles. The minimum atomic E-state index is -1.54. The van der Waals surface area contributed by atoms with Crippen LogP contribution in [0.25, 0.3) is 0 Å². The van der Waals surface area contributed by atoms with Crippen molar-refractivity contribution in [1.29, 1.82) is 0 Å². The molecule has 36 heavy (non-hydrogen) atoms. The molecule has 4 aliphatic carbocycles. The first kappa shape index (κ1) is 26.8. The first-order chi connectivity index (χ1) is 17.0. The van der Waals surface area contributed by atoms with Crippen LogP contribution in [0.5, 0.6) is 0 Å². The molecule has 0 aliphatic heterocycles. The fourth-order valence-corrected chi connectivity index (χ4v) is 8.19. The largest absolute Gasteiger partial charge is 0.509 e. The number of carbonyl (C=O) groups is 4. The third kappa shape index (κ3) is 4.19. The highest BCUT2D eigenvalue weighted by atomic mass is 16.7. The Hall–Kier alpha value is -2.22. The maximum Gasteiger partial charge on any atom is 0.509 e. The Kier molecular flexibility index (Phi) is 7.39. The van der Waals surface area contributed by atoms with Crippen molar-refractivity contribution in [3.8, 4) is 0 Å². The molecule has 1 N–H and O–H groups in total. The van der Waals surface area contributed by atoms with Crippen molar-refractivity contribution in [2.45, 2.75) is 97.2 Å². The number of rotatable bonds is 7.